The molecule has 6 heteroatoms. The maximum Gasteiger partial charge on any atom is 0.138 e. The molecule has 2 atom stereocenters. The number of aryl methyl sites for hydroxylation is 1. The highest BCUT2D eigenvalue weighted by Gasteiger charge is 2.35. The minimum atomic E-state index is 0.306. The van der Waals surface area contributed by atoms with Crippen molar-refractivity contribution in [3.8, 4) is 0 Å². The molecule has 0 radical (unpaired) electrons. The molecule has 0 saturated carbocycles. The molecular weight excluding hydrogens is 360 g/mol. The SMILES string of the molecule is Cc1cccnc1[C@@H]1CCCC(c2nc3ccccn3c2N2CCNCC2)N1C. The van der Waals surface area contributed by atoms with E-state index in [4.69, 9.17) is 9.97 Å². The van der Waals surface area contributed by atoms with Gasteiger partial charge in [0.25, 0.3) is 0 Å². The van der Waals surface area contributed by atoms with Gasteiger partial charge in [0.15, 0.2) is 0 Å². The number of piperazine rings is 1. The average molecular weight is 391 g/mol. The van der Waals surface area contributed by atoms with Crippen LogP contribution in [0, 0.1) is 6.92 Å². The molecule has 2 aliphatic heterocycles. The minimum absolute atomic E-state index is 0.306. The van der Waals surface area contributed by atoms with E-state index >= 15 is 0 Å². The zero-order valence-corrected chi connectivity index (χ0v) is 17.4. The van der Waals surface area contributed by atoms with Gasteiger partial charge in [-0.15, -0.1) is 0 Å². The van der Waals surface area contributed by atoms with Gasteiger partial charge in [-0.2, -0.15) is 0 Å². The number of anilines is 1. The fourth-order valence-electron chi connectivity index (χ4n) is 5.05. The zero-order chi connectivity index (χ0) is 19.8. The van der Waals surface area contributed by atoms with Gasteiger partial charge < -0.3 is 10.2 Å². The van der Waals surface area contributed by atoms with Crippen molar-refractivity contribution in [3.63, 3.8) is 0 Å². The highest BCUT2D eigenvalue weighted by molar-refractivity contribution is 5.58. The Kier molecular flexibility index (Phi) is 4.97. The van der Waals surface area contributed by atoms with Gasteiger partial charge in [0.1, 0.15) is 17.2 Å². The maximum atomic E-state index is 5.15. The Morgan fingerprint density at radius 1 is 1.00 bits per heavy atom. The molecule has 0 bridgehead atoms. The third kappa shape index (κ3) is 3.30. The van der Waals surface area contributed by atoms with Crippen molar-refractivity contribution >= 4 is 11.5 Å². The van der Waals surface area contributed by atoms with Crippen molar-refractivity contribution in [1.29, 1.82) is 0 Å². The van der Waals surface area contributed by atoms with Gasteiger partial charge in [-0.3, -0.25) is 14.3 Å². The monoisotopic (exact) mass is 390 g/mol. The Morgan fingerprint density at radius 2 is 1.79 bits per heavy atom. The van der Waals surface area contributed by atoms with Gasteiger partial charge >= 0.3 is 0 Å². The molecule has 6 nitrogen and oxygen atoms in total. The number of pyridine rings is 2. The fraction of sp³-hybridized carbons (Fsp3) is 0.478. The van der Waals surface area contributed by atoms with Crippen LogP contribution >= 0.6 is 0 Å². The fourth-order valence-corrected chi connectivity index (χ4v) is 5.05. The maximum absolute atomic E-state index is 5.15. The summed E-state index contributed by atoms with van der Waals surface area (Å²) in [5.41, 5.74) is 4.76. The van der Waals surface area contributed by atoms with Crippen LogP contribution in [0.1, 0.15) is 48.3 Å². The molecule has 2 saturated heterocycles. The van der Waals surface area contributed by atoms with Crippen LogP contribution in [0.5, 0.6) is 0 Å². The smallest absolute Gasteiger partial charge is 0.138 e. The van der Waals surface area contributed by atoms with Crippen LogP contribution in [0.2, 0.25) is 0 Å². The Balaban J connectivity index is 1.57. The van der Waals surface area contributed by atoms with E-state index in [1.807, 2.05) is 12.3 Å². The van der Waals surface area contributed by atoms with E-state index in [2.05, 4.69) is 64.0 Å². The number of piperidine rings is 1. The number of aromatic nitrogens is 3. The van der Waals surface area contributed by atoms with Crippen LogP contribution in [0.4, 0.5) is 5.82 Å². The Bertz CT molecular complexity index is 990. The standard InChI is InChI=1S/C23H30N6/c1-17-7-6-11-25-21(17)18-8-5-9-19(27(18)2)22-23(28-15-12-24-13-16-28)29-14-4-3-10-20(29)26-22/h3-4,6-7,10-11,14,18-19,24H,5,8-9,12-13,15-16H2,1-2H3/t18-,19?/m0/s1. The van der Waals surface area contributed by atoms with E-state index < -0.39 is 0 Å². The summed E-state index contributed by atoms with van der Waals surface area (Å²) in [4.78, 5) is 14.9. The summed E-state index contributed by atoms with van der Waals surface area (Å²) in [7, 11) is 2.26. The first-order chi connectivity index (χ1) is 14.2. The Hall–Kier alpha value is -2.44. The highest BCUT2D eigenvalue weighted by Crippen LogP contribution is 2.43. The summed E-state index contributed by atoms with van der Waals surface area (Å²) in [6.45, 7) is 6.27. The van der Waals surface area contributed by atoms with Crippen LogP contribution in [-0.2, 0) is 0 Å². The molecule has 5 rings (SSSR count). The van der Waals surface area contributed by atoms with Gasteiger partial charge in [0.2, 0.25) is 0 Å². The summed E-state index contributed by atoms with van der Waals surface area (Å²) in [5, 5.41) is 3.48. The van der Waals surface area contributed by atoms with Crippen molar-refractivity contribution in [2.45, 2.75) is 38.3 Å². The van der Waals surface area contributed by atoms with Crippen LogP contribution in [0.25, 0.3) is 5.65 Å². The van der Waals surface area contributed by atoms with Crippen LogP contribution in [0.15, 0.2) is 42.7 Å². The summed E-state index contributed by atoms with van der Waals surface area (Å²) >= 11 is 0. The van der Waals surface area contributed by atoms with Crippen LogP contribution < -0.4 is 10.2 Å². The third-order valence-electron chi connectivity index (χ3n) is 6.57. The normalized spacial score (nSPS) is 23.6. The molecule has 3 aromatic rings. The molecule has 0 aliphatic carbocycles. The molecular formula is C23H30N6. The van der Waals surface area contributed by atoms with E-state index in [1.165, 1.54) is 29.2 Å². The van der Waals surface area contributed by atoms with Crippen molar-refractivity contribution in [1.82, 2.24) is 24.6 Å². The molecule has 2 fully saturated rings. The molecule has 0 amide bonds. The number of hydrogen-bond donors (Lipinski definition) is 1. The second-order valence-corrected chi connectivity index (χ2v) is 8.32. The topological polar surface area (TPSA) is 48.7 Å². The number of nitrogens with zero attached hydrogens (tertiary/aromatic N) is 5. The lowest BCUT2D eigenvalue weighted by molar-refractivity contribution is 0.109. The van der Waals surface area contributed by atoms with Gasteiger partial charge in [0, 0.05) is 38.6 Å². The molecule has 3 aromatic heterocycles. The Labute approximate surface area is 172 Å². The first kappa shape index (κ1) is 18.6. The quantitative estimate of drug-likeness (QED) is 0.743. The summed E-state index contributed by atoms with van der Waals surface area (Å²) in [5.74, 6) is 1.28. The molecule has 1 N–H and O–H groups in total. The molecule has 2 aliphatic rings. The van der Waals surface area contributed by atoms with Gasteiger partial charge in [0.05, 0.1) is 17.8 Å². The predicted octanol–water partition coefficient (Wildman–Crippen LogP) is 3.35. The van der Waals surface area contributed by atoms with Crippen LogP contribution in [0.3, 0.4) is 0 Å². The number of rotatable bonds is 3. The second kappa shape index (κ2) is 7.76. The van der Waals surface area contributed by atoms with Crippen molar-refractivity contribution < 1.29 is 0 Å². The zero-order valence-electron chi connectivity index (χ0n) is 17.4. The van der Waals surface area contributed by atoms with Crippen LogP contribution in [-0.4, -0.2) is 52.5 Å². The number of likely N-dealkylation sites (tertiary alicyclic amines) is 1. The van der Waals surface area contributed by atoms with E-state index in [0.717, 1.165) is 44.7 Å². The second-order valence-electron chi connectivity index (χ2n) is 8.32. The third-order valence-corrected chi connectivity index (χ3v) is 6.57. The first-order valence-electron chi connectivity index (χ1n) is 10.8. The summed E-state index contributed by atoms with van der Waals surface area (Å²) in [6.07, 6.45) is 7.58. The van der Waals surface area contributed by atoms with Crippen molar-refractivity contribution in [2.24, 2.45) is 0 Å². The molecule has 0 spiro atoms. The molecule has 29 heavy (non-hydrogen) atoms. The van der Waals surface area contributed by atoms with Gasteiger partial charge in [-0.1, -0.05) is 12.1 Å². The van der Waals surface area contributed by atoms with Gasteiger partial charge in [-0.25, -0.2) is 4.98 Å². The predicted molar refractivity (Wildman–Crippen MR) is 116 cm³/mol. The minimum Gasteiger partial charge on any atom is -0.354 e. The number of nitrogens with one attached hydrogen (secondary N) is 1. The first-order valence-corrected chi connectivity index (χ1v) is 10.8. The number of imidazole rings is 1. The average Bonchev–Trinajstić information content (AvgIpc) is 3.14. The molecule has 152 valence electrons. The largest absolute Gasteiger partial charge is 0.354 e. The van der Waals surface area contributed by atoms with Gasteiger partial charge in [-0.05, 0) is 57.0 Å². The van der Waals surface area contributed by atoms with E-state index in [-0.39, 0.29) is 0 Å². The lowest BCUT2D eigenvalue weighted by Gasteiger charge is -2.40. The lowest BCUT2D eigenvalue weighted by atomic mass is 9.90. The van der Waals surface area contributed by atoms with E-state index in [1.54, 1.807) is 0 Å². The Morgan fingerprint density at radius 3 is 2.59 bits per heavy atom. The number of fused-ring (bicyclic) bond motifs is 1. The summed E-state index contributed by atoms with van der Waals surface area (Å²) < 4.78 is 2.28. The molecule has 5 heterocycles. The lowest BCUT2D eigenvalue weighted by Crippen LogP contribution is -2.45. The molecule has 1 unspecified atom stereocenters. The van der Waals surface area contributed by atoms with Crippen molar-refractivity contribution in [2.75, 3.05) is 38.1 Å². The number of hydrogen-bond acceptors (Lipinski definition) is 5. The van der Waals surface area contributed by atoms with E-state index in [9.17, 15) is 0 Å². The highest BCUT2D eigenvalue weighted by atomic mass is 15.3. The summed E-state index contributed by atoms with van der Waals surface area (Å²) in [6, 6.07) is 11.2. The van der Waals surface area contributed by atoms with Crippen molar-refractivity contribution in [3.05, 3.63) is 59.7 Å². The molecule has 0 aromatic carbocycles. The van der Waals surface area contributed by atoms with E-state index in [0.29, 0.717) is 12.1 Å².